The number of methoxy groups -OCH3 is 2. The Hall–Kier alpha value is -1.96. The van der Waals surface area contributed by atoms with Crippen molar-refractivity contribution in [2.75, 3.05) is 20.0 Å². The van der Waals surface area contributed by atoms with Gasteiger partial charge in [0.15, 0.2) is 0 Å². The van der Waals surface area contributed by atoms with Crippen LogP contribution in [0.2, 0.25) is 0 Å². The van der Waals surface area contributed by atoms with E-state index in [1.165, 1.54) is 14.2 Å². The molecule has 0 fully saturated rings. The second kappa shape index (κ2) is 4.33. The van der Waals surface area contributed by atoms with Crippen molar-refractivity contribution in [3.05, 3.63) is 5.56 Å². The molecule has 0 aliphatic carbocycles. The van der Waals surface area contributed by atoms with Crippen LogP contribution in [0.4, 0.5) is 5.95 Å². The van der Waals surface area contributed by atoms with Crippen molar-refractivity contribution in [1.29, 1.82) is 0 Å². The van der Waals surface area contributed by atoms with Gasteiger partial charge in [-0.2, -0.15) is 9.97 Å². The number of anilines is 1. The number of ether oxygens (including phenoxy) is 2. The molecule has 0 saturated heterocycles. The van der Waals surface area contributed by atoms with Crippen LogP contribution < -0.4 is 15.2 Å². The van der Waals surface area contributed by atoms with Gasteiger partial charge in [-0.25, -0.2) is 0 Å². The third-order valence-electron chi connectivity index (χ3n) is 1.50. The Kier molecular flexibility index (Phi) is 3.13. The highest BCUT2D eigenvalue weighted by Gasteiger charge is 2.12. The van der Waals surface area contributed by atoms with E-state index in [1.54, 1.807) is 6.92 Å². The molecule has 1 aromatic rings. The SMILES string of the molecule is CC#Cc1c(OC)nc(N)nc1OC. The van der Waals surface area contributed by atoms with Crippen LogP contribution >= 0.6 is 0 Å². The zero-order valence-electron chi connectivity index (χ0n) is 8.29. The molecule has 1 aromatic heterocycles. The summed E-state index contributed by atoms with van der Waals surface area (Å²) in [5.41, 5.74) is 5.95. The van der Waals surface area contributed by atoms with Gasteiger partial charge in [-0.1, -0.05) is 5.92 Å². The van der Waals surface area contributed by atoms with Crippen LogP contribution in [0.15, 0.2) is 0 Å². The van der Waals surface area contributed by atoms with Crippen LogP contribution in [-0.4, -0.2) is 24.2 Å². The molecule has 0 aromatic carbocycles. The lowest BCUT2D eigenvalue weighted by Gasteiger charge is -2.06. The molecule has 0 spiro atoms. The van der Waals surface area contributed by atoms with Gasteiger partial charge < -0.3 is 15.2 Å². The van der Waals surface area contributed by atoms with Crippen molar-refractivity contribution < 1.29 is 9.47 Å². The molecular formula is C9H11N3O2. The minimum atomic E-state index is 0.0975. The van der Waals surface area contributed by atoms with Gasteiger partial charge >= 0.3 is 0 Å². The van der Waals surface area contributed by atoms with Gasteiger partial charge in [0.05, 0.1) is 14.2 Å². The number of hydrogen-bond acceptors (Lipinski definition) is 5. The van der Waals surface area contributed by atoms with Crippen molar-refractivity contribution >= 4 is 5.95 Å². The van der Waals surface area contributed by atoms with Gasteiger partial charge in [0, 0.05) is 0 Å². The summed E-state index contributed by atoms with van der Waals surface area (Å²) < 4.78 is 10.0. The normalized spacial score (nSPS) is 8.79. The molecule has 2 N–H and O–H groups in total. The molecule has 1 heterocycles. The lowest BCUT2D eigenvalue weighted by atomic mass is 10.3. The maximum absolute atomic E-state index is 5.45. The zero-order valence-corrected chi connectivity index (χ0v) is 8.29. The molecule has 74 valence electrons. The van der Waals surface area contributed by atoms with Crippen LogP contribution in [0.5, 0.6) is 11.8 Å². The predicted molar refractivity (Wildman–Crippen MR) is 52.1 cm³/mol. The summed E-state index contributed by atoms with van der Waals surface area (Å²) in [6.07, 6.45) is 0. The molecule has 0 atom stereocenters. The van der Waals surface area contributed by atoms with Crippen molar-refractivity contribution in [2.24, 2.45) is 0 Å². The average Bonchev–Trinajstić information content (AvgIpc) is 2.20. The fourth-order valence-corrected chi connectivity index (χ4v) is 0.964. The summed E-state index contributed by atoms with van der Waals surface area (Å²) in [7, 11) is 2.98. The van der Waals surface area contributed by atoms with Crippen molar-refractivity contribution in [3.63, 3.8) is 0 Å². The molecule has 14 heavy (non-hydrogen) atoms. The maximum Gasteiger partial charge on any atom is 0.238 e. The lowest BCUT2D eigenvalue weighted by Crippen LogP contribution is -2.03. The van der Waals surface area contributed by atoms with Crippen molar-refractivity contribution in [2.45, 2.75) is 6.92 Å². The maximum atomic E-state index is 5.45. The second-order valence-corrected chi connectivity index (χ2v) is 2.35. The van der Waals surface area contributed by atoms with Gasteiger partial charge in [0.25, 0.3) is 0 Å². The van der Waals surface area contributed by atoms with Gasteiger partial charge in [-0.15, -0.1) is 5.92 Å². The van der Waals surface area contributed by atoms with E-state index >= 15 is 0 Å². The molecular weight excluding hydrogens is 182 g/mol. The average molecular weight is 193 g/mol. The zero-order chi connectivity index (χ0) is 10.6. The standard InChI is InChI=1S/C9H11N3O2/c1-4-5-6-7(13-2)11-9(10)12-8(6)14-3/h1-3H3,(H2,10,11,12). The summed E-state index contributed by atoms with van der Waals surface area (Å²) in [5.74, 6) is 6.26. The Morgan fingerprint density at radius 3 is 2.00 bits per heavy atom. The van der Waals surface area contributed by atoms with E-state index in [-0.39, 0.29) is 5.95 Å². The van der Waals surface area contributed by atoms with E-state index in [4.69, 9.17) is 15.2 Å². The minimum Gasteiger partial charge on any atom is -0.480 e. The summed E-state index contributed by atoms with van der Waals surface area (Å²) >= 11 is 0. The smallest absolute Gasteiger partial charge is 0.238 e. The molecule has 0 bridgehead atoms. The fourth-order valence-electron chi connectivity index (χ4n) is 0.964. The Morgan fingerprint density at radius 2 is 1.64 bits per heavy atom. The minimum absolute atomic E-state index is 0.0975. The topological polar surface area (TPSA) is 70.3 Å². The van der Waals surface area contributed by atoms with E-state index in [2.05, 4.69) is 21.8 Å². The summed E-state index contributed by atoms with van der Waals surface area (Å²) in [4.78, 5) is 7.76. The van der Waals surface area contributed by atoms with E-state index in [0.717, 1.165) is 0 Å². The highest BCUT2D eigenvalue weighted by molar-refractivity contribution is 5.51. The lowest BCUT2D eigenvalue weighted by molar-refractivity contribution is 0.371. The summed E-state index contributed by atoms with van der Waals surface area (Å²) in [5, 5.41) is 0. The molecule has 0 aliphatic heterocycles. The highest BCUT2D eigenvalue weighted by Crippen LogP contribution is 2.24. The largest absolute Gasteiger partial charge is 0.480 e. The monoisotopic (exact) mass is 193 g/mol. The first kappa shape index (κ1) is 10.1. The second-order valence-electron chi connectivity index (χ2n) is 2.35. The summed E-state index contributed by atoms with van der Waals surface area (Å²) in [6, 6.07) is 0. The predicted octanol–water partition coefficient (Wildman–Crippen LogP) is 0.447. The van der Waals surface area contributed by atoms with Gasteiger partial charge in [-0.3, -0.25) is 0 Å². The Labute approximate surface area is 82.3 Å². The van der Waals surface area contributed by atoms with E-state index in [9.17, 15) is 0 Å². The fraction of sp³-hybridized carbons (Fsp3) is 0.333. The quantitative estimate of drug-likeness (QED) is 0.690. The van der Waals surface area contributed by atoms with E-state index in [1.807, 2.05) is 0 Å². The first-order valence-electron chi connectivity index (χ1n) is 3.91. The number of nitrogens with two attached hydrogens (primary N) is 1. The number of aromatic nitrogens is 2. The Morgan fingerprint density at radius 1 is 1.14 bits per heavy atom. The van der Waals surface area contributed by atoms with Crippen LogP contribution in [0, 0.1) is 11.8 Å². The molecule has 0 radical (unpaired) electrons. The third kappa shape index (κ3) is 1.85. The Balaban J connectivity index is 3.37. The molecule has 0 amide bonds. The highest BCUT2D eigenvalue weighted by atomic mass is 16.5. The first-order chi connectivity index (χ1) is 6.72. The van der Waals surface area contributed by atoms with Crippen LogP contribution in [0.3, 0.4) is 0 Å². The molecule has 5 heteroatoms. The van der Waals surface area contributed by atoms with Crippen LogP contribution in [-0.2, 0) is 0 Å². The Bertz CT molecular complexity index is 368. The number of hydrogen-bond donors (Lipinski definition) is 1. The van der Waals surface area contributed by atoms with Gasteiger partial charge in [0.2, 0.25) is 17.7 Å². The van der Waals surface area contributed by atoms with Crippen molar-refractivity contribution in [1.82, 2.24) is 9.97 Å². The van der Waals surface area contributed by atoms with Crippen molar-refractivity contribution in [3.8, 4) is 23.6 Å². The van der Waals surface area contributed by atoms with Gasteiger partial charge in [0.1, 0.15) is 5.56 Å². The first-order valence-corrected chi connectivity index (χ1v) is 3.91. The van der Waals surface area contributed by atoms with Gasteiger partial charge in [-0.05, 0) is 6.92 Å². The number of nitrogens with zero attached hydrogens (tertiary/aromatic N) is 2. The molecule has 0 aliphatic rings. The van der Waals surface area contributed by atoms with Crippen LogP contribution in [0.25, 0.3) is 0 Å². The van der Waals surface area contributed by atoms with E-state index in [0.29, 0.717) is 17.3 Å². The molecule has 5 nitrogen and oxygen atoms in total. The number of rotatable bonds is 2. The third-order valence-corrected chi connectivity index (χ3v) is 1.50. The molecule has 0 unspecified atom stereocenters. The van der Waals surface area contributed by atoms with Crippen LogP contribution in [0.1, 0.15) is 12.5 Å². The molecule has 1 rings (SSSR count). The summed E-state index contributed by atoms with van der Waals surface area (Å²) in [6.45, 7) is 1.70. The van der Waals surface area contributed by atoms with E-state index < -0.39 is 0 Å². The molecule has 0 saturated carbocycles. The number of nitrogen functional groups attached to an aromatic ring is 1.